The van der Waals surface area contributed by atoms with Crippen LogP contribution in [0.5, 0.6) is 11.5 Å². The smallest absolute Gasteiger partial charge is 0.329 e. The van der Waals surface area contributed by atoms with E-state index in [-0.39, 0.29) is 12.5 Å². The van der Waals surface area contributed by atoms with E-state index in [0.717, 1.165) is 22.4 Å². The summed E-state index contributed by atoms with van der Waals surface area (Å²) < 4.78 is 11.9. The molecule has 0 saturated carbocycles. The van der Waals surface area contributed by atoms with Crippen LogP contribution in [0.2, 0.25) is 5.02 Å². The number of carbonyl (C=O) groups excluding carboxylic acids is 3. The minimum Gasteiger partial charge on any atom is -0.493 e. The highest BCUT2D eigenvalue weighted by Gasteiger charge is 2.16. The van der Waals surface area contributed by atoms with E-state index in [1.165, 1.54) is 19.4 Å². The van der Waals surface area contributed by atoms with Gasteiger partial charge in [-0.3, -0.25) is 14.4 Å². The Hall–Kier alpha value is -3.64. The molecule has 0 saturated heterocycles. The Kier molecular flexibility index (Phi) is 10.1. The lowest BCUT2D eigenvalue weighted by Gasteiger charge is -2.15. The van der Waals surface area contributed by atoms with Crippen LogP contribution in [-0.4, -0.2) is 37.7 Å². The van der Waals surface area contributed by atoms with Crippen molar-refractivity contribution in [2.24, 2.45) is 5.10 Å². The second-order valence-electron chi connectivity index (χ2n) is 8.31. The number of ether oxygens (including phenoxy) is 2. The number of hydrazone groups is 1. The van der Waals surface area contributed by atoms with Crippen molar-refractivity contribution in [3.8, 4) is 11.5 Å². The maximum atomic E-state index is 12.6. The highest BCUT2D eigenvalue weighted by atomic mass is 127. The summed E-state index contributed by atoms with van der Waals surface area (Å²) in [5, 5.41) is 9.60. The molecule has 38 heavy (non-hydrogen) atoms. The molecule has 0 heterocycles. The highest BCUT2D eigenvalue weighted by Crippen LogP contribution is 2.33. The molecule has 0 spiro atoms. The fourth-order valence-electron chi connectivity index (χ4n) is 3.62. The molecule has 198 valence electrons. The van der Waals surface area contributed by atoms with Gasteiger partial charge in [0.2, 0.25) is 0 Å². The zero-order valence-electron chi connectivity index (χ0n) is 21.1. The quantitative estimate of drug-likeness (QED) is 0.138. The molecule has 3 aromatic rings. The maximum absolute atomic E-state index is 12.6. The Morgan fingerprint density at radius 3 is 2.37 bits per heavy atom. The van der Waals surface area contributed by atoms with E-state index in [1.807, 2.05) is 55.5 Å². The van der Waals surface area contributed by atoms with E-state index >= 15 is 0 Å². The lowest BCUT2D eigenvalue weighted by Crippen LogP contribution is -2.32. The molecule has 0 aliphatic rings. The van der Waals surface area contributed by atoms with Crippen LogP contribution in [0.3, 0.4) is 0 Å². The van der Waals surface area contributed by atoms with Gasteiger partial charge < -0.3 is 20.1 Å². The number of anilines is 2. The molecule has 3 aromatic carbocycles. The van der Waals surface area contributed by atoms with Crippen LogP contribution in [0.4, 0.5) is 11.4 Å². The zero-order chi connectivity index (χ0) is 27.8. The number of nitrogens with zero attached hydrogens (tertiary/aromatic N) is 1. The molecule has 0 fully saturated rings. The molecule has 3 rings (SSSR count). The van der Waals surface area contributed by atoms with Crippen LogP contribution in [-0.2, 0) is 14.4 Å². The number of halogens is 2. The van der Waals surface area contributed by atoms with Crippen LogP contribution < -0.4 is 25.5 Å². The van der Waals surface area contributed by atoms with Gasteiger partial charge in [-0.15, -0.1) is 0 Å². The largest absolute Gasteiger partial charge is 0.493 e. The van der Waals surface area contributed by atoms with Crippen molar-refractivity contribution in [3.05, 3.63) is 79.4 Å². The molecular formula is C27H26ClIN4O5. The Labute approximate surface area is 239 Å². The number of aryl methyl sites for hydroxylation is 3. The normalized spacial score (nSPS) is 10.7. The fraction of sp³-hybridized carbons (Fsp3) is 0.185. The third-order valence-corrected chi connectivity index (χ3v) is 6.25. The standard InChI is InChI=1S/C27H26ClIN4O5/c1-15-8-16(2)24(17(3)9-15)32-23(34)14-38-25-21(29)10-18(11-22(25)37-4)13-30-33-27(36)26(35)31-20-7-5-6-19(28)12-20/h5-13H,14H2,1-4H3,(H,31,35)(H,32,34)(H,33,36)/b30-13-. The van der Waals surface area contributed by atoms with Gasteiger partial charge in [0.25, 0.3) is 5.91 Å². The van der Waals surface area contributed by atoms with Crippen LogP contribution in [0.25, 0.3) is 0 Å². The molecule has 0 radical (unpaired) electrons. The molecule has 0 unspecified atom stereocenters. The average molecular weight is 649 g/mol. The topological polar surface area (TPSA) is 118 Å². The first-order valence-electron chi connectivity index (χ1n) is 11.4. The monoisotopic (exact) mass is 648 g/mol. The first-order chi connectivity index (χ1) is 18.1. The Morgan fingerprint density at radius 1 is 1.00 bits per heavy atom. The second-order valence-corrected chi connectivity index (χ2v) is 9.91. The summed E-state index contributed by atoms with van der Waals surface area (Å²) >= 11 is 7.93. The molecule has 0 aliphatic heterocycles. The molecule has 3 N–H and O–H groups in total. The van der Waals surface area contributed by atoms with Crippen LogP contribution in [0.1, 0.15) is 22.3 Å². The number of carbonyl (C=O) groups is 3. The van der Waals surface area contributed by atoms with Crippen LogP contribution >= 0.6 is 34.2 Å². The van der Waals surface area contributed by atoms with Crippen molar-refractivity contribution < 1.29 is 23.9 Å². The molecule has 11 heteroatoms. The number of hydrogen-bond acceptors (Lipinski definition) is 6. The van der Waals surface area contributed by atoms with Gasteiger partial charge in [-0.2, -0.15) is 5.10 Å². The summed E-state index contributed by atoms with van der Waals surface area (Å²) in [6.07, 6.45) is 1.36. The number of amides is 3. The Morgan fingerprint density at radius 2 is 1.71 bits per heavy atom. The van der Waals surface area contributed by atoms with Gasteiger partial charge in [-0.05, 0) is 90.4 Å². The molecule has 3 amide bonds. The third-order valence-electron chi connectivity index (χ3n) is 5.21. The molecule has 9 nitrogen and oxygen atoms in total. The summed E-state index contributed by atoms with van der Waals surface area (Å²) in [5.74, 6) is -1.38. The van der Waals surface area contributed by atoms with E-state index in [4.69, 9.17) is 21.1 Å². The first-order valence-corrected chi connectivity index (χ1v) is 12.8. The lowest BCUT2D eigenvalue weighted by atomic mass is 10.1. The summed E-state index contributed by atoms with van der Waals surface area (Å²) in [6, 6.07) is 13.8. The highest BCUT2D eigenvalue weighted by molar-refractivity contribution is 14.1. The Bertz CT molecular complexity index is 1390. The van der Waals surface area contributed by atoms with Gasteiger partial charge in [-0.25, -0.2) is 5.43 Å². The molecular weight excluding hydrogens is 623 g/mol. The van der Waals surface area contributed by atoms with Crippen molar-refractivity contribution in [1.29, 1.82) is 0 Å². The first kappa shape index (κ1) is 28.9. The SMILES string of the molecule is COc1cc(/C=N\NC(=O)C(=O)Nc2cccc(Cl)c2)cc(I)c1OCC(=O)Nc1c(C)cc(C)cc1C. The predicted octanol–water partition coefficient (Wildman–Crippen LogP) is 4.98. The number of hydrogen-bond donors (Lipinski definition) is 3. The van der Waals surface area contributed by atoms with Gasteiger partial charge >= 0.3 is 11.8 Å². The summed E-state index contributed by atoms with van der Waals surface area (Å²) in [7, 11) is 1.47. The summed E-state index contributed by atoms with van der Waals surface area (Å²) in [6.45, 7) is 5.67. The summed E-state index contributed by atoms with van der Waals surface area (Å²) in [4.78, 5) is 36.7. The number of methoxy groups -OCH3 is 1. The number of benzene rings is 3. The minimum absolute atomic E-state index is 0.218. The number of rotatable bonds is 8. The van der Waals surface area contributed by atoms with Crippen molar-refractivity contribution in [3.63, 3.8) is 0 Å². The van der Waals surface area contributed by atoms with Crippen LogP contribution in [0.15, 0.2) is 53.6 Å². The van der Waals surface area contributed by atoms with Gasteiger partial charge in [0, 0.05) is 16.4 Å². The molecule has 0 aliphatic carbocycles. The van der Waals surface area contributed by atoms with Crippen molar-refractivity contribution in [2.45, 2.75) is 20.8 Å². The zero-order valence-corrected chi connectivity index (χ0v) is 24.1. The van der Waals surface area contributed by atoms with E-state index < -0.39 is 11.8 Å². The van der Waals surface area contributed by atoms with Crippen molar-refractivity contribution in [2.75, 3.05) is 24.4 Å². The van der Waals surface area contributed by atoms with E-state index in [9.17, 15) is 14.4 Å². The lowest BCUT2D eigenvalue weighted by molar-refractivity contribution is -0.136. The van der Waals surface area contributed by atoms with Crippen molar-refractivity contribution >= 4 is 69.5 Å². The molecule has 0 atom stereocenters. The molecule has 0 bridgehead atoms. The summed E-state index contributed by atoms with van der Waals surface area (Å²) in [5.41, 5.74) is 6.96. The maximum Gasteiger partial charge on any atom is 0.329 e. The van der Waals surface area contributed by atoms with Gasteiger partial charge in [0.05, 0.1) is 16.9 Å². The van der Waals surface area contributed by atoms with Gasteiger partial charge in [0.1, 0.15) is 0 Å². The predicted molar refractivity (Wildman–Crippen MR) is 156 cm³/mol. The fourth-order valence-corrected chi connectivity index (χ4v) is 4.59. The van der Waals surface area contributed by atoms with Gasteiger partial charge in [0.15, 0.2) is 18.1 Å². The molecule has 0 aromatic heterocycles. The second kappa shape index (κ2) is 13.2. The number of nitrogens with one attached hydrogen (secondary N) is 3. The minimum atomic E-state index is -0.951. The van der Waals surface area contributed by atoms with Crippen LogP contribution in [0, 0.1) is 24.3 Å². The van der Waals surface area contributed by atoms with Gasteiger partial charge in [-0.1, -0.05) is 35.4 Å². The third kappa shape index (κ3) is 7.93. The van der Waals surface area contributed by atoms with E-state index in [2.05, 4.69) is 21.2 Å². The Balaban J connectivity index is 1.60. The van der Waals surface area contributed by atoms with Crippen molar-refractivity contribution in [1.82, 2.24) is 5.43 Å². The van der Waals surface area contributed by atoms with E-state index in [1.54, 1.807) is 30.3 Å². The van der Waals surface area contributed by atoms with E-state index in [0.29, 0.717) is 31.3 Å². The average Bonchev–Trinajstić information content (AvgIpc) is 2.85.